The third-order valence-corrected chi connectivity index (χ3v) is 6.44. The van der Waals surface area contributed by atoms with Crippen LogP contribution >= 0.6 is 0 Å². The van der Waals surface area contributed by atoms with Crippen LogP contribution in [0.5, 0.6) is 0 Å². The van der Waals surface area contributed by atoms with Crippen molar-refractivity contribution in [3.05, 3.63) is 101 Å². The maximum Gasteiger partial charge on any atom is 0.251 e. The lowest BCUT2D eigenvalue weighted by atomic mass is 9.98. The first-order chi connectivity index (χ1) is 16.4. The van der Waals surface area contributed by atoms with Crippen molar-refractivity contribution in [2.24, 2.45) is 5.73 Å². The molecule has 0 saturated carbocycles. The van der Waals surface area contributed by atoms with Crippen LogP contribution in [0, 0.1) is 0 Å². The number of nitrogens with zero attached hydrogens (tertiary/aromatic N) is 2. The lowest BCUT2D eigenvalue weighted by Gasteiger charge is -2.22. The topological polar surface area (TPSA) is 130 Å². The van der Waals surface area contributed by atoms with E-state index in [9.17, 15) is 18.4 Å². The quantitative estimate of drug-likeness (QED) is 0.360. The minimum atomic E-state index is -2.65. The largest absolute Gasteiger partial charge is 0.772 e. The fourth-order valence-corrected chi connectivity index (χ4v) is 4.66. The molecule has 1 heterocycles. The molecule has 2 unspecified atom stereocenters. The molecule has 4 rings (SSSR count). The van der Waals surface area contributed by atoms with Crippen molar-refractivity contribution < 1.29 is 18.4 Å². The molecule has 174 valence electrons. The van der Waals surface area contributed by atoms with E-state index in [1.807, 2.05) is 42.5 Å². The Morgan fingerprint density at radius 1 is 1.09 bits per heavy atom. The van der Waals surface area contributed by atoms with Crippen molar-refractivity contribution in [2.75, 3.05) is 0 Å². The lowest BCUT2D eigenvalue weighted by molar-refractivity contribution is -0.118. The minimum Gasteiger partial charge on any atom is -0.772 e. The average Bonchev–Trinajstić information content (AvgIpc) is 3.34. The van der Waals surface area contributed by atoms with Gasteiger partial charge in [-0.2, -0.15) is 5.10 Å². The van der Waals surface area contributed by atoms with Gasteiger partial charge in [0.15, 0.2) is 0 Å². The van der Waals surface area contributed by atoms with Gasteiger partial charge in [-0.3, -0.25) is 18.5 Å². The number of nitrogens with one attached hydrogen (secondary N) is 1. The van der Waals surface area contributed by atoms with Crippen molar-refractivity contribution >= 4 is 33.7 Å². The van der Waals surface area contributed by atoms with Gasteiger partial charge in [0.25, 0.3) is 5.91 Å². The van der Waals surface area contributed by atoms with E-state index in [1.165, 1.54) is 0 Å². The van der Waals surface area contributed by atoms with E-state index in [0.717, 1.165) is 21.9 Å². The number of primary amides is 1. The van der Waals surface area contributed by atoms with Gasteiger partial charge in [-0.1, -0.05) is 54.6 Å². The Labute approximate surface area is 199 Å². The first-order valence-corrected chi connectivity index (χ1v) is 11.8. The fourth-order valence-electron chi connectivity index (χ4n) is 3.94. The summed E-state index contributed by atoms with van der Waals surface area (Å²) in [5.41, 5.74) is 7.38. The lowest BCUT2D eigenvalue weighted by Crippen LogP contribution is -2.27. The van der Waals surface area contributed by atoms with Crippen molar-refractivity contribution in [3.63, 3.8) is 0 Å². The number of hydrogen-bond acceptors (Lipinski definition) is 5. The SMILES string of the molecule is NC(=O)CC(c1ccc(Cn2cccn2)cc1C(=O)NCc1cccc2ccccc12)S(=O)[O-]. The number of fused-ring (bicyclic) bond motifs is 1. The van der Waals surface area contributed by atoms with E-state index in [1.54, 1.807) is 41.3 Å². The monoisotopic (exact) mass is 475 g/mol. The first kappa shape index (κ1) is 23.3. The zero-order valence-corrected chi connectivity index (χ0v) is 19.0. The van der Waals surface area contributed by atoms with Gasteiger partial charge in [0.2, 0.25) is 5.91 Å². The van der Waals surface area contributed by atoms with Crippen molar-refractivity contribution in [1.82, 2.24) is 15.1 Å². The fraction of sp³-hybridized carbons (Fsp3) is 0.160. The van der Waals surface area contributed by atoms with Crippen LogP contribution < -0.4 is 11.1 Å². The highest BCUT2D eigenvalue weighted by molar-refractivity contribution is 7.79. The molecular weight excluding hydrogens is 452 g/mol. The molecule has 1 aromatic heterocycles. The second-order valence-corrected chi connectivity index (χ2v) is 8.96. The van der Waals surface area contributed by atoms with Gasteiger partial charge in [-0.25, -0.2) is 0 Å². The molecule has 2 atom stereocenters. The molecule has 3 aromatic carbocycles. The van der Waals surface area contributed by atoms with E-state index in [2.05, 4.69) is 10.4 Å². The zero-order chi connectivity index (χ0) is 24.1. The van der Waals surface area contributed by atoms with Crippen LogP contribution in [-0.2, 0) is 29.0 Å². The van der Waals surface area contributed by atoms with E-state index in [-0.39, 0.29) is 17.7 Å². The highest BCUT2D eigenvalue weighted by Gasteiger charge is 2.23. The molecule has 8 nitrogen and oxygen atoms in total. The van der Waals surface area contributed by atoms with Crippen LogP contribution in [0.2, 0.25) is 0 Å². The van der Waals surface area contributed by atoms with Crippen molar-refractivity contribution in [3.8, 4) is 0 Å². The van der Waals surface area contributed by atoms with Gasteiger partial charge in [0.1, 0.15) is 0 Å². The molecule has 0 fully saturated rings. The summed E-state index contributed by atoms with van der Waals surface area (Å²) >= 11 is -2.65. The van der Waals surface area contributed by atoms with Crippen molar-refractivity contribution in [1.29, 1.82) is 0 Å². The first-order valence-electron chi connectivity index (χ1n) is 10.6. The van der Waals surface area contributed by atoms with Gasteiger partial charge in [0, 0.05) is 30.9 Å². The van der Waals surface area contributed by atoms with Crippen LogP contribution in [0.3, 0.4) is 0 Å². The van der Waals surface area contributed by atoms with E-state index in [4.69, 9.17) is 5.73 Å². The highest BCUT2D eigenvalue weighted by Crippen LogP contribution is 2.28. The second-order valence-electron chi connectivity index (χ2n) is 7.87. The van der Waals surface area contributed by atoms with Gasteiger partial charge >= 0.3 is 0 Å². The second kappa shape index (κ2) is 10.4. The summed E-state index contributed by atoms with van der Waals surface area (Å²) < 4.78 is 25.5. The Kier molecular flexibility index (Phi) is 7.15. The summed E-state index contributed by atoms with van der Waals surface area (Å²) in [6.07, 6.45) is 3.02. The van der Waals surface area contributed by atoms with Crippen LogP contribution in [0.15, 0.2) is 79.1 Å². The number of nitrogens with two attached hydrogens (primary N) is 1. The standard InChI is InChI=1S/C25H24N4O4S/c26-24(30)14-23(34(32)33)21-10-9-17(16-29-12-4-11-28-29)13-22(21)25(31)27-15-19-7-3-6-18-5-1-2-8-20(18)19/h1-13,23H,14-16H2,(H2,26,30)(H,27,31)(H,32,33)/p-1. The zero-order valence-electron chi connectivity index (χ0n) is 18.2. The van der Waals surface area contributed by atoms with E-state index < -0.39 is 34.6 Å². The summed E-state index contributed by atoms with van der Waals surface area (Å²) in [5.74, 6) is -1.21. The molecule has 0 saturated heterocycles. The number of amides is 2. The maximum atomic E-state index is 13.3. The van der Waals surface area contributed by atoms with Crippen LogP contribution in [0.1, 0.15) is 38.7 Å². The normalized spacial score (nSPS) is 12.9. The molecule has 34 heavy (non-hydrogen) atoms. The predicted octanol–water partition coefficient (Wildman–Crippen LogP) is 2.81. The Bertz CT molecular complexity index is 1350. The van der Waals surface area contributed by atoms with Crippen LogP contribution in [0.4, 0.5) is 0 Å². The summed E-state index contributed by atoms with van der Waals surface area (Å²) in [4.78, 5) is 24.8. The number of aromatic nitrogens is 2. The van der Waals surface area contributed by atoms with E-state index in [0.29, 0.717) is 6.54 Å². The summed E-state index contributed by atoms with van der Waals surface area (Å²) in [7, 11) is 0. The van der Waals surface area contributed by atoms with Crippen LogP contribution in [-0.4, -0.2) is 30.4 Å². The summed E-state index contributed by atoms with van der Waals surface area (Å²) in [6, 6.07) is 20.4. The highest BCUT2D eigenvalue weighted by atomic mass is 32.2. The molecule has 0 aliphatic rings. The average molecular weight is 476 g/mol. The minimum absolute atomic E-state index is 0.181. The predicted molar refractivity (Wildman–Crippen MR) is 128 cm³/mol. The molecule has 4 aromatic rings. The molecule has 0 aliphatic heterocycles. The van der Waals surface area contributed by atoms with E-state index >= 15 is 0 Å². The van der Waals surface area contributed by atoms with Gasteiger partial charge in [0.05, 0.1) is 11.8 Å². The Morgan fingerprint density at radius 2 is 1.88 bits per heavy atom. The smallest absolute Gasteiger partial charge is 0.251 e. The number of rotatable bonds is 9. The molecule has 2 amide bonds. The third kappa shape index (κ3) is 5.38. The van der Waals surface area contributed by atoms with Gasteiger partial charge in [-0.05, 0) is 50.7 Å². The molecule has 9 heteroatoms. The number of benzene rings is 3. The molecule has 0 spiro atoms. The van der Waals surface area contributed by atoms with Gasteiger partial charge < -0.3 is 15.6 Å². The number of carbonyl (C=O) groups excluding carboxylic acids is 2. The summed E-state index contributed by atoms with van der Waals surface area (Å²) in [6.45, 7) is 0.655. The van der Waals surface area contributed by atoms with Crippen molar-refractivity contribution in [2.45, 2.75) is 24.8 Å². The summed E-state index contributed by atoms with van der Waals surface area (Å²) in [5, 5.41) is 7.92. The Morgan fingerprint density at radius 3 is 2.62 bits per heavy atom. The molecule has 0 aliphatic carbocycles. The molecule has 3 N–H and O–H groups in total. The molecular formula is C25H23N4O4S-. The third-order valence-electron chi connectivity index (χ3n) is 5.55. The van der Waals surface area contributed by atoms with Crippen LogP contribution in [0.25, 0.3) is 10.8 Å². The molecule has 0 bridgehead atoms. The number of hydrogen-bond donors (Lipinski definition) is 2. The Hall–Kier alpha value is -3.82. The van der Waals surface area contributed by atoms with Gasteiger partial charge in [-0.15, -0.1) is 0 Å². The Balaban J connectivity index is 1.66. The number of carbonyl (C=O) groups is 2. The maximum absolute atomic E-state index is 13.3. The molecule has 0 radical (unpaired) electrons.